The number of hydrogen-bond acceptors (Lipinski definition) is 5. The fourth-order valence-electron chi connectivity index (χ4n) is 3.75. The molecule has 0 aliphatic rings. The molecule has 0 saturated carbocycles. The molecule has 2 heterocycles. The van der Waals surface area contributed by atoms with Crippen LogP contribution < -0.4 is 5.73 Å². The first-order valence-corrected chi connectivity index (χ1v) is 10.3. The number of carbonyl (C=O) groups excluding carboxylic acids is 2. The van der Waals surface area contributed by atoms with E-state index in [0.29, 0.717) is 27.9 Å². The summed E-state index contributed by atoms with van der Waals surface area (Å²) >= 11 is 0. The molecule has 35 heavy (non-hydrogen) atoms. The van der Waals surface area contributed by atoms with Crippen molar-refractivity contribution in [2.75, 3.05) is 12.8 Å². The van der Waals surface area contributed by atoms with Crippen LogP contribution in [-0.4, -0.2) is 43.6 Å². The third-order valence-corrected chi connectivity index (χ3v) is 5.71. The monoisotopic (exact) mass is 488 g/mol. The molecule has 0 fully saturated rings. The molecular weight excluding hydrogens is 468 g/mol. The molecule has 2 amide bonds. The quantitative estimate of drug-likeness (QED) is 0.349. The lowest BCUT2D eigenvalue weighted by molar-refractivity contribution is -0.140. The lowest BCUT2D eigenvalue weighted by Crippen LogP contribution is -2.46. The summed E-state index contributed by atoms with van der Waals surface area (Å²) in [5.74, 6) is -2.08. The Kier molecular flexibility index (Phi) is 5.83. The Balaban J connectivity index is 1.76. The minimum Gasteiger partial charge on any atom is -0.382 e. The second kappa shape index (κ2) is 8.53. The fraction of sp³-hybridized carbons (Fsp3) is 0.217. The zero-order valence-corrected chi connectivity index (χ0v) is 18.9. The van der Waals surface area contributed by atoms with Gasteiger partial charge in [0.05, 0.1) is 23.8 Å². The predicted molar refractivity (Wildman–Crippen MR) is 120 cm³/mol. The van der Waals surface area contributed by atoms with Gasteiger partial charge in [-0.1, -0.05) is 6.07 Å². The number of nitrogens with two attached hydrogens (primary N) is 1. The summed E-state index contributed by atoms with van der Waals surface area (Å²) in [6, 6.07) is 6.63. The van der Waals surface area contributed by atoms with Crippen molar-refractivity contribution in [3.8, 4) is 0 Å². The Morgan fingerprint density at radius 3 is 2.46 bits per heavy atom. The van der Waals surface area contributed by atoms with E-state index in [2.05, 4.69) is 10.1 Å². The number of halogens is 4. The summed E-state index contributed by atoms with van der Waals surface area (Å²) in [5.41, 5.74) is 5.92. The van der Waals surface area contributed by atoms with Gasteiger partial charge in [0.25, 0.3) is 5.91 Å². The molecule has 2 N–H and O–H groups in total. The van der Waals surface area contributed by atoms with Crippen molar-refractivity contribution in [1.29, 1.82) is 0 Å². The van der Waals surface area contributed by atoms with Crippen LogP contribution in [0.15, 0.2) is 42.6 Å². The van der Waals surface area contributed by atoms with Crippen molar-refractivity contribution >= 4 is 39.4 Å². The minimum absolute atomic E-state index is 0.148. The highest BCUT2D eigenvalue weighted by Gasteiger charge is 2.32. The van der Waals surface area contributed by atoms with Gasteiger partial charge in [-0.2, -0.15) is 18.3 Å². The summed E-state index contributed by atoms with van der Waals surface area (Å²) in [6.45, 7) is 0.731. The summed E-state index contributed by atoms with van der Waals surface area (Å²) in [7, 11) is 3.01. The van der Waals surface area contributed by atoms with E-state index < -0.39 is 35.9 Å². The smallest absolute Gasteiger partial charge is 0.382 e. The molecule has 0 unspecified atom stereocenters. The SMILES string of the molecule is CC(=O)N(C)N(Cc1ccc(C(F)(F)F)cc1F)C(=O)c1ccc2nc(N)c3c(cnn3C)c2c1. The number of aromatic nitrogens is 3. The summed E-state index contributed by atoms with van der Waals surface area (Å²) in [5, 5.41) is 7.36. The van der Waals surface area contributed by atoms with Gasteiger partial charge in [0.1, 0.15) is 17.2 Å². The largest absolute Gasteiger partial charge is 0.416 e. The molecular formula is C23H20F4N6O2. The van der Waals surface area contributed by atoms with E-state index in [1.807, 2.05) is 0 Å². The molecule has 12 heteroatoms. The van der Waals surface area contributed by atoms with Crippen molar-refractivity contribution in [1.82, 2.24) is 24.8 Å². The minimum atomic E-state index is -4.72. The number of benzene rings is 2. The maximum Gasteiger partial charge on any atom is 0.416 e. The molecule has 182 valence electrons. The molecule has 8 nitrogen and oxygen atoms in total. The number of anilines is 1. The van der Waals surface area contributed by atoms with Crippen LogP contribution in [0.5, 0.6) is 0 Å². The number of hydrogen-bond donors (Lipinski definition) is 1. The zero-order chi connectivity index (χ0) is 25.7. The molecule has 0 radical (unpaired) electrons. The fourth-order valence-corrected chi connectivity index (χ4v) is 3.75. The number of pyridine rings is 1. The van der Waals surface area contributed by atoms with Crippen LogP contribution in [0.2, 0.25) is 0 Å². The highest BCUT2D eigenvalue weighted by atomic mass is 19.4. The third-order valence-electron chi connectivity index (χ3n) is 5.71. The number of amides is 2. The van der Waals surface area contributed by atoms with Crippen LogP contribution in [0.1, 0.15) is 28.4 Å². The van der Waals surface area contributed by atoms with Gasteiger partial charge in [-0.3, -0.25) is 19.3 Å². The maximum atomic E-state index is 14.5. The van der Waals surface area contributed by atoms with Crippen molar-refractivity contribution in [3.63, 3.8) is 0 Å². The van der Waals surface area contributed by atoms with E-state index in [4.69, 9.17) is 5.73 Å². The number of hydrazine groups is 1. The average molecular weight is 488 g/mol. The van der Waals surface area contributed by atoms with Crippen molar-refractivity contribution in [3.05, 3.63) is 65.1 Å². The average Bonchev–Trinajstić information content (AvgIpc) is 3.19. The van der Waals surface area contributed by atoms with E-state index in [1.165, 1.54) is 20.0 Å². The predicted octanol–water partition coefficient (Wildman–Crippen LogP) is 3.90. The third kappa shape index (κ3) is 4.34. The Bertz CT molecular complexity index is 1480. The van der Waals surface area contributed by atoms with Gasteiger partial charge < -0.3 is 5.73 Å². The number of carbonyl (C=O) groups is 2. The van der Waals surface area contributed by atoms with E-state index in [9.17, 15) is 27.2 Å². The van der Waals surface area contributed by atoms with Gasteiger partial charge in [-0.05, 0) is 30.3 Å². The van der Waals surface area contributed by atoms with E-state index >= 15 is 0 Å². The second-order valence-corrected chi connectivity index (χ2v) is 7.97. The molecule has 0 aliphatic carbocycles. The number of alkyl halides is 3. The molecule has 0 bridgehead atoms. The Morgan fingerprint density at radius 1 is 1.11 bits per heavy atom. The molecule has 0 spiro atoms. The molecule has 4 aromatic rings. The number of rotatable bonds is 3. The molecule has 0 aliphatic heterocycles. The number of fused-ring (bicyclic) bond motifs is 3. The van der Waals surface area contributed by atoms with Crippen LogP contribution in [0, 0.1) is 5.82 Å². The molecule has 2 aromatic carbocycles. The summed E-state index contributed by atoms with van der Waals surface area (Å²) < 4.78 is 54.8. The van der Waals surface area contributed by atoms with Crippen molar-refractivity contribution in [2.24, 2.45) is 7.05 Å². The first-order chi connectivity index (χ1) is 16.4. The van der Waals surface area contributed by atoms with Crippen molar-refractivity contribution in [2.45, 2.75) is 19.6 Å². The Hall–Kier alpha value is -4.22. The van der Waals surface area contributed by atoms with Crippen LogP contribution in [-0.2, 0) is 24.6 Å². The first-order valence-electron chi connectivity index (χ1n) is 10.3. The molecule has 0 saturated heterocycles. The highest BCUT2D eigenvalue weighted by molar-refractivity contribution is 6.10. The number of nitrogen functional groups attached to an aromatic ring is 1. The lowest BCUT2D eigenvalue weighted by Gasteiger charge is -2.31. The van der Waals surface area contributed by atoms with Gasteiger partial charge >= 0.3 is 6.18 Å². The molecule has 4 rings (SSSR count). The van der Waals surface area contributed by atoms with E-state index in [1.54, 1.807) is 30.1 Å². The van der Waals surface area contributed by atoms with Crippen LogP contribution >= 0.6 is 0 Å². The number of nitrogens with zero attached hydrogens (tertiary/aromatic N) is 5. The van der Waals surface area contributed by atoms with E-state index in [0.717, 1.165) is 22.2 Å². The van der Waals surface area contributed by atoms with Gasteiger partial charge in [0.15, 0.2) is 0 Å². The standard InChI is InChI=1S/C23H20F4N6O2/c1-12(34)32(3)33(11-14-4-6-15(9-18(14)24)23(25,26)27)22(35)13-5-7-19-16(8-13)17-10-29-31(2)20(17)21(28)30-19/h4-10H,11H2,1-3H3,(H2,28,30). The van der Waals surface area contributed by atoms with Gasteiger partial charge in [-0.25, -0.2) is 14.4 Å². The maximum absolute atomic E-state index is 14.5. The topological polar surface area (TPSA) is 97.3 Å². The van der Waals surface area contributed by atoms with Gasteiger partial charge in [0.2, 0.25) is 5.91 Å². The van der Waals surface area contributed by atoms with Crippen LogP contribution in [0.4, 0.5) is 23.4 Å². The summed E-state index contributed by atoms with van der Waals surface area (Å²) in [6.07, 6.45) is -3.13. The normalized spacial score (nSPS) is 11.7. The lowest BCUT2D eigenvalue weighted by atomic mass is 10.1. The molecule has 0 atom stereocenters. The zero-order valence-electron chi connectivity index (χ0n) is 18.9. The second-order valence-electron chi connectivity index (χ2n) is 7.97. The van der Waals surface area contributed by atoms with Gasteiger partial charge in [0, 0.05) is 42.9 Å². The number of aryl methyl sites for hydroxylation is 1. The van der Waals surface area contributed by atoms with E-state index in [-0.39, 0.29) is 16.9 Å². The molecule has 2 aromatic heterocycles. The Labute approximate surface area is 196 Å². The van der Waals surface area contributed by atoms with Gasteiger partial charge in [-0.15, -0.1) is 0 Å². The first kappa shape index (κ1) is 23.9. The highest BCUT2D eigenvalue weighted by Crippen LogP contribution is 2.31. The van der Waals surface area contributed by atoms with Crippen LogP contribution in [0.25, 0.3) is 21.8 Å². The summed E-state index contributed by atoms with van der Waals surface area (Å²) in [4.78, 5) is 29.9. The van der Waals surface area contributed by atoms with Crippen LogP contribution in [0.3, 0.4) is 0 Å². The Morgan fingerprint density at radius 2 is 1.83 bits per heavy atom. The van der Waals surface area contributed by atoms with Crippen molar-refractivity contribution < 1.29 is 27.2 Å².